The van der Waals surface area contributed by atoms with Crippen molar-refractivity contribution < 1.29 is 9.47 Å². The first-order valence-electron chi connectivity index (χ1n) is 7.57. The monoisotopic (exact) mass is 288 g/mol. The van der Waals surface area contributed by atoms with Crippen LogP contribution in [0, 0.1) is 0 Å². The van der Waals surface area contributed by atoms with Crippen molar-refractivity contribution in [3.05, 3.63) is 30.5 Å². The summed E-state index contributed by atoms with van der Waals surface area (Å²) in [5.74, 6) is 0.869. The van der Waals surface area contributed by atoms with Crippen LogP contribution in [0.15, 0.2) is 30.5 Å². The van der Waals surface area contributed by atoms with Gasteiger partial charge < -0.3 is 14.4 Å². The lowest BCUT2D eigenvalue weighted by Crippen LogP contribution is -2.41. The quantitative estimate of drug-likeness (QED) is 0.847. The smallest absolute Gasteiger partial charge is 0.129 e. The zero-order valence-electron chi connectivity index (χ0n) is 13.3. The second kappa shape index (κ2) is 7.27. The van der Waals surface area contributed by atoms with Crippen molar-refractivity contribution in [2.24, 2.45) is 0 Å². The van der Waals surface area contributed by atoms with Crippen molar-refractivity contribution in [1.82, 2.24) is 4.98 Å². The van der Waals surface area contributed by atoms with Crippen molar-refractivity contribution in [3.8, 4) is 5.75 Å². The van der Waals surface area contributed by atoms with Gasteiger partial charge in [0.2, 0.25) is 0 Å². The Labute approximate surface area is 126 Å². The topological polar surface area (TPSA) is 34.6 Å². The number of ether oxygens (including phenoxy) is 2. The summed E-state index contributed by atoms with van der Waals surface area (Å²) in [6.07, 6.45) is 2.05. The zero-order valence-corrected chi connectivity index (χ0v) is 13.3. The third-order valence-corrected chi connectivity index (χ3v) is 3.51. The molecule has 1 aliphatic rings. The Morgan fingerprint density at radius 1 is 1.29 bits per heavy atom. The van der Waals surface area contributed by atoms with E-state index < -0.39 is 0 Å². The summed E-state index contributed by atoms with van der Waals surface area (Å²) in [5, 5.41) is 1.06. The lowest BCUT2D eigenvalue weighted by atomic mass is 10.1. The van der Waals surface area contributed by atoms with E-state index in [2.05, 4.69) is 28.9 Å². The number of fused-ring (bicyclic) bond motifs is 1. The highest BCUT2D eigenvalue weighted by molar-refractivity contribution is 5.88. The van der Waals surface area contributed by atoms with Crippen LogP contribution in [0.3, 0.4) is 0 Å². The number of anilines is 1. The fourth-order valence-electron chi connectivity index (χ4n) is 2.54. The van der Waals surface area contributed by atoms with Crippen LogP contribution < -0.4 is 9.64 Å². The SMILES string of the molecule is CC.COc1ccnc2ccc(N3CCOC(C)C3)cc12. The standard InChI is InChI=1S/C15H18N2O2.C2H6/c1-11-10-17(7-8-19-11)12-3-4-14-13(9-12)15(18-2)5-6-16-14;1-2/h3-6,9,11H,7-8,10H2,1-2H3;1-2H3. The van der Waals surface area contributed by atoms with Crippen LogP contribution in [0.25, 0.3) is 10.9 Å². The lowest BCUT2D eigenvalue weighted by Gasteiger charge is -2.33. The van der Waals surface area contributed by atoms with Gasteiger partial charge >= 0.3 is 0 Å². The number of rotatable bonds is 2. The molecule has 4 nitrogen and oxygen atoms in total. The predicted molar refractivity (Wildman–Crippen MR) is 87.3 cm³/mol. The van der Waals surface area contributed by atoms with Gasteiger partial charge in [0.1, 0.15) is 5.75 Å². The molecule has 0 amide bonds. The molecule has 0 aliphatic carbocycles. The summed E-state index contributed by atoms with van der Waals surface area (Å²) < 4.78 is 11.0. The van der Waals surface area contributed by atoms with Gasteiger partial charge in [0.15, 0.2) is 0 Å². The fourth-order valence-corrected chi connectivity index (χ4v) is 2.54. The van der Waals surface area contributed by atoms with Gasteiger partial charge in [0.25, 0.3) is 0 Å². The minimum absolute atomic E-state index is 0.278. The highest BCUT2D eigenvalue weighted by Crippen LogP contribution is 2.28. The summed E-state index contributed by atoms with van der Waals surface area (Å²) in [4.78, 5) is 6.72. The van der Waals surface area contributed by atoms with Crippen LogP contribution in [-0.4, -0.2) is 37.9 Å². The molecule has 1 fully saturated rings. The zero-order chi connectivity index (χ0) is 15.2. The first-order chi connectivity index (χ1) is 10.3. The number of pyridine rings is 1. The second-order valence-electron chi connectivity index (χ2n) is 4.84. The van der Waals surface area contributed by atoms with E-state index in [-0.39, 0.29) is 6.10 Å². The third kappa shape index (κ3) is 3.45. The number of methoxy groups -OCH3 is 1. The molecule has 1 saturated heterocycles. The number of benzene rings is 1. The van der Waals surface area contributed by atoms with Crippen molar-refractivity contribution in [2.45, 2.75) is 26.9 Å². The van der Waals surface area contributed by atoms with Crippen LogP contribution >= 0.6 is 0 Å². The molecule has 0 spiro atoms. The van der Waals surface area contributed by atoms with Gasteiger partial charge in [-0.3, -0.25) is 4.98 Å². The normalized spacial score (nSPS) is 18.1. The van der Waals surface area contributed by atoms with Gasteiger partial charge in [-0.15, -0.1) is 0 Å². The Morgan fingerprint density at radius 3 is 2.81 bits per heavy atom. The highest BCUT2D eigenvalue weighted by atomic mass is 16.5. The molecule has 114 valence electrons. The van der Waals surface area contributed by atoms with Crippen LogP contribution in [-0.2, 0) is 4.74 Å². The summed E-state index contributed by atoms with van der Waals surface area (Å²) in [7, 11) is 1.69. The Bertz CT molecular complexity index is 586. The molecule has 21 heavy (non-hydrogen) atoms. The number of morpholine rings is 1. The largest absolute Gasteiger partial charge is 0.496 e. The van der Waals surface area contributed by atoms with Crippen LogP contribution in [0.1, 0.15) is 20.8 Å². The molecular weight excluding hydrogens is 264 g/mol. The minimum Gasteiger partial charge on any atom is -0.496 e. The van der Waals surface area contributed by atoms with Crippen molar-refractivity contribution in [2.75, 3.05) is 31.7 Å². The molecule has 2 aromatic rings. The Hall–Kier alpha value is -1.81. The van der Waals surface area contributed by atoms with Crippen molar-refractivity contribution in [1.29, 1.82) is 0 Å². The maximum absolute atomic E-state index is 5.58. The predicted octanol–water partition coefficient (Wildman–Crippen LogP) is 3.49. The summed E-state index contributed by atoms with van der Waals surface area (Å²) >= 11 is 0. The van der Waals surface area contributed by atoms with Gasteiger partial charge in [0.05, 0.1) is 25.3 Å². The first-order valence-corrected chi connectivity index (χ1v) is 7.57. The highest BCUT2D eigenvalue weighted by Gasteiger charge is 2.17. The maximum atomic E-state index is 5.58. The maximum Gasteiger partial charge on any atom is 0.129 e. The number of aromatic nitrogens is 1. The van der Waals surface area contributed by atoms with Crippen molar-refractivity contribution >= 4 is 16.6 Å². The van der Waals surface area contributed by atoms with Gasteiger partial charge in [-0.2, -0.15) is 0 Å². The van der Waals surface area contributed by atoms with Gasteiger partial charge in [0, 0.05) is 30.4 Å². The molecule has 1 aromatic carbocycles. The Morgan fingerprint density at radius 2 is 2.10 bits per heavy atom. The number of hydrogen-bond donors (Lipinski definition) is 0. The molecule has 3 rings (SSSR count). The molecule has 4 heteroatoms. The lowest BCUT2D eigenvalue weighted by molar-refractivity contribution is 0.0532. The molecular formula is C17H24N2O2. The van der Waals surface area contributed by atoms with Crippen LogP contribution in [0.5, 0.6) is 5.75 Å². The summed E-state index contributed by atoms with van der Waals surface area (Å²) in [6.45, 7) is 8.74. The molecule has 2 heterocycles. The van der Waals surface area contributed by atoms with Gasteiger partial charge in [-0.1, -0.05) is 13.8 Å². The fraction of sp³-hybridized carbons (Fsp3) is 0.471. The average molecular weight is 288 g/mol. The van der Waals surface area contributed by atoms with E-state index in [1.807, 2.05) is 26.0 Å². The molecule has 1 unspecified atom stereocenters. The summed E-state index contributed by atoms with van der Waals surface area (Å²) in [6, 6.07) is 8.22. The number of nitrogens with zero attached hydrogens (tertiary/aromatic N) is 2. The molecule has 1 aliphatic heterocycles. The first kappa shape index (κ1) is 15.6. The third-order valence-electron chi connectivity index (χ3n) is 3.51. The molecule has 1 aromatic heterocycles. The Balaban J connectivity index is 0.000000774. The molecule has 1 atom stereocenters. The van der Waals surface area contributed by atoms with Gasteiger partial charge in [-0.25, -0.2) is 0 Å². The van der Waals surface area contributed by atoms with E-state index in [0.29, 0.717) is 0 Å². The van der Waals surface area contributed by atoms with Gasteiger partial charge in [-0.05, 0) is 31.2 Å². The second-order valence-corrected chi connectivity index (χ2v) is 4.84. The van der Waals surface area contributed by atoms with Crippen LogP contribution in [0.4, 0.5) is 5.69 Å². The van der Waals surface area contributed by atoms with E-state index in [0.717, 1.165) is 36.3 Å². The van der Waals surface area contributed by atoms with E-state index in [1.165, 1.54) is 5.69 Å². The Kier molecular flexibility index (Phi) is 5.39. The number of hydrogen-bond acceptors (Lipinski definition) is 4. The van der Waals surface area contributed by atoms with E-state index in [9.17, 15) is 0 Å². The molecule has 0 saturated carbocycles. The average Bonchev–Trinajstić information content (AvgIpc) is 2.55. The summed E-state index contributed by atoms with van der Waals surface area (Å²) in [5.41, 5.74) is 2.17. The minimum atomic E-state index is 0.278. The van der Waals surface area contributed by atoms with Crippen molar-refractivity contribution in [3.63, 3.8) is 0 Å². The molecule has 0 bridgehead atoms. The molecule has 0 N–H and O–H groups in total. The van der Waals surface area contributed by atoms with E-state index in [1.54, 1.807) is 13.3 Å². The molecule has 0 radical (unpaired) electrons. The van der Waals surface area contributed by atoms with E-state index >= 15 is 0 Å². The van der Waals surface area contributed by atoms with E-state index in [4.69, 9.17) is 9.47 Å². The van der Waals surface area contributed by atoms with Crippen LogP contribution in [0.2, 0.25) is 0 Å².